The van der Waals surface area contributed by atoms with Crippen molar-refractivity contribution in [2.24, 2.45) is 0 Å². The van der Waals surface area contributed by atoms with Gasteiger partial charge in [0.25, 0.3) is 0 Å². The molecule has 0 saturated carbocycles. The van der Waals surface area contributed by atoms with Gasteiger partial charge in [0.15, 0.2) is 11.6 Å². The summed E-state index contributed by atoms with van der Waals surface area (Å²) in [7, 11) is -0.0150. The van der Waals surface area contributed by atoms with E-state index in [1.807, 2.05) is 19.0 Å². The molecule has 102 valence electrons. The summed E-state index contributed by atoms with van der Waals surface area (Å²) in [6.07, 6.45) is 0.635. The van der Waals surface area contributed by atoms with Crippen LogP contribution in [0.25, 0.3) is 0 Å². The molecule has 1 N–H and O–H groups in total. The summed E-state index contributed by atoms with van der Waals surface area (Å²) in [5.74, 6) is -2.24. The number of hydrogen-bond acceptors (Lipinski definition) is 3. The van der Waals surface area contributed by atoms with E-state index in [9.17, 15) is 17.2 Å². The van der Waals surface area contributed by atoms with Crippen molar-refractivity contribution in [3.8, 4) is 0 Å². The van der Waals surface area contributed by atoms with E-state index in [-0.39, 0.29) is 11.4 Å². The summed E-state index contributed by atoms with van der Waals surface area (Å²) in [6, 6.07) is 2.50. The molecule has 0 unspecified atom stereocenters. The fraction of sp³-hybridized carbons (Fsp3) is 0.455. The molecule has 0 radical (unpaired) electrons. The first-order valence-corrected chi connectivity index (χ1v) is 6.90. The van der Waals surface area contributed by atoms with Crippen LogP contribution in [0.1, 0.15) is 6.42 Å². The molecular formula is C11H16F2N2O2S. The van der Waals surface area contributed by atoms with Gasteiger partial charge in [0.1, 0.15) is 0 Å². The Hall–Kier alpha value is -1.05. The van der Waals surface area contributed by atoms with E-state index in [4.69, 9.17) is 0 Å². The van der Waals surface area contributed by atoms with Gasteiger partial charge in [-0.2, -0.15) is 0 Å². The number of sulfonamides is 1. The summed E-state index contributed by atoms with van der Waals surface area (Å²) in [5.41, 5.74) is 0. The average molecular weight is 278 g/mol. The van der Waals surface area contributed by atoms with Gasteiger partial charge in [-0.1, -0.05) is 0 Å². The van der Waals surface area contributed by atoms with Crippen LogP contribution in [0.5, 0.6) is 0 Å². The lowest BCUT2D eigenvalue weighted by atomic mass is 10.3. The van der Waals surface area contributed by atoms with E-state index < -0.39 is 21.7 Å². The van der Waals surface area contributed by atoms with E-state index >= 15 is 0 Å². The zero-order chi connectivity index (χ0) is 13.8. The van der Waals surface area contributed by atoms with Crippen LogP contribution in [0.15, 0.2) is 23.1 Å². The molecule has 0 saturated heterocycles. The maximum atomic E-state index is 12.9. The minimum atomic E-state index is -3.77. The van der Waals surface area contributed by atoms with Gasteiger partial charge in [-0.15, -0.1) is 0 Å². The first-order chi connectivity index (χ1) is 8.33. The number of benzene rings is 1. The molecule has 7 heteroatoms. The van der Waals surface area contributed by atoms with Crippen LogP contribution in [0, 0.1) is 11.6 Å². The molecule has 0 aliphatic heterocycles. The second kappa shape index (κ2) is 6.21. The van der Waals surface area contributed by atoms with Crippen LogP contribution in [0.2, 0.25) is 0 Å². The largest absolute Gasteiger partial charge is 0.309 e. The Labute approximate surface area is 106 Å². The van der Waals surface area contributed by atoms with Crippen molar-refractivity contribution in [1.82, 2.24) is 9.62 Å². The van der Waals surface area contributed by atoms with Gasteiger partial charge in [-0.05, 0) is 45.3 Å². The van der Waals surface area contributed by atoms with Gasteiger partial charge in [0.05, 0.1) is 4.90 Å². The van der Waals surface area contributed by atoms with E-state index in [2.05, 4.69) is 4.72 Å². The zero-order valence-electron chi connectivity index (χ0n) is 10.3. The summed E-state index contributed by atoms with van der Waals surface area (Å²) in [4.78, 5) is 1.65. The maximum absolute atomic E-state index is 12.9. The lowest BCUT2D eigenvalue weighted by Gasteiger charge is -2.10. The Bertz CT molecular complexity index is 504. The maximum Gasteiger partial charge on any atom is 0.240 e. The molecule has 0 aromatic heterocycles. The van der Waals surface area contributed by atoms with Gasteiger partial charge in [0, 0.05) is 6.54 Å². The molecule has 1 aromatic rings. The van der Waals surface area contributed by atoms with Crippen molar-refractivity contribution >= 4 is 10.0 Å². The van der Waals surface area contributed by atoms with Crippen molar-refractivity contribution in [3.63, 3.8) is 0 Å². The standard InChI is InChI=1S/C11H16F2N2O2S/c1-15(2)7-3-6-14-18(16,17)9-4-5-10(12)11(13)8-9/h4-5,8,14H,3,6-7H2,1-2H3. The molecular weight excluding hydrogens is 262 g/mol. The monoisotopic (exact) mass is 278 g/mol. The topological polar surface area (TPSA) is 49.4 Å². The molecule has 0 heterocycles. The van der Waals surface area contributed by atoms with Crippen molar-refractivity contribution in [1.29, 1.82) is 0 Å². The molecule has 0 amide bonds. The van der Waals surface area contributed by atoms with Gasteiger partial charge in [-0.3, -0.25) is 0 Å². The third-order valence-electron chi connectivity index (χ3n) is 2.28. The highest BCUT2D eigenvalue weighted by molar-refractivity contribution is 7.89. The summed E-state index contributed by atoms with van der Waals surface area (Å²) >= 11 is 0. The molecule has 0 aliphatic rings. The summed E-state index contributed by atoms with van der Waals surface area (Å²) in [6.45, 7) is 0.986. The summed E-state index contributed by atoms with van der Waals surface area (Å²) < 4.78 is 51.4. The van der Waals surface area contributed by atoms with E-state index in [0.717, 1.165) is 18.7 Å². The highest BCUT2D eigenvalue weighted by Gasteiger charge is 2.15. The molecule has 0 aliphatic carbocycles. The molecule has 18 heavy (non-hydrogen) atoms. The second-order valence-corrected chi connectivity index (χ2v) is 5.90. The highest BCUT2D eigenvalue weighted by Crippen LogP contribution is 2.13. The Morgan fingerprint density at radius 3 is 2.44 bits per heavy atom. The quantitative estimate of drug-likeness (QED) is 0.795. The van der Waals surface area contributed by atoms with Crippen LogP contribution in [-0.2, 0) is 10.0 Å². The molecule has 1 rings (SSSR count). The molecule has 0 atom stereocenters. The third-order valence-corrected chi connectivity index (χ3v) is 3.73. The van der Waals surface area contributed by atoms with Crippen LogP contribution in [-0.4, -0.2) is 40.5 Å². The van der Waals surface area contributed by atoms with Crippen LogP contribution >= 0.6 is 0 Å². The van der Waals surface area contributed by atoms with Gasteiger partial charge < -0.3 is 4.90 Å². The van der Waals surface area contributed by atoms with Crippen molar-refractivity contribution < 1.29 is 17.2 Å². The first kappa shape index (κ1) is 15.0. The number of nitrogens with one attached hydrogen (secondary N) is 1. The van der Waals surface area contributed by atoms with Crippen LogP contribution in [0.4, 0.5) is 8.78 Å². The minimum absolute atomic E-state index is 0.250. The highest BCUT2D eigenvalue weighted by atomic mass is 32.2. The van der Waals surface area contributed by atoms with E-state index in [1.54, 1.807) is 0 Å². The third kappa shape index (κ3) is 4.32. The van der Waals surface area contributed by atoms with Crippen molar-refractivity contribution in [2.45, 2.75) is 11.3 Å². The molecule has 0 bridgehead atoms. The predicted molar refractivity (Wildman–Crippen MR) is 64.7 cm³/mol. The first-order valence-electron chi connectivity index (χ1n) is 5.42. The molecule has 4 nitrogen and oxygen atoms in total. The molecule has 1 aromatic carbocycles. The number of hydrogen-bond donors (Lipinski definition) is 1. The number of nitrogens with zero attached hydrogens (tertiary/aromatic N) is 1. The van der Waals surface area contributed by atoms with Crippen LogP contribution < -0.4 is 4.72 Å². The Morgan fingerprint density at radius 1 is 1.22 bits per heavy atom. The van der Waals surface area contributed by atoms with Gasteiger partial charge in [-0.25, -0.2) is 21.9 Å². The Kier molecular flexibility index (Phi) is 5.18. The minimum Gasteiger partial charge on any atom is -0.309 e. The Balaban J connectivity index is 2.66. The Morgan fingerprint density at radius 2 is 1.89 bits per heavy atom. The summed E-state index contributed by atoms with van der Waals surface area (Å²) in [5, 5.41) is 0. The fourth-order valence-corrected chi connectivity index (χ4v) is 2.41. The van der Waals surface area contributed by atoms with E-state index in [0.29, 0.717) is 12.5 Å². The lowest BCUT2D eigenvalue weighted by molar-refractivity contribution is 0.400. The lowest BCUT2D eigenvalue weighted by Crippen LogP contribution is -2.27. The van der Waals surface area contributed by atoms with Gasteiger partial charge >= 0.3 is 0 Å². The zero-order valence-corrected chi connectivity index (χ0v) is 11.1. The smallest absolute Gasteiger partial charge is 0.240 e. The van der Waals surface area contributed by atoms with Crippen molar-refractivity contribution in [2.75, 3.05) is 27.2 Å². The number of halogens is 2. The number of rotatable bonds is 6. The van der Waals surface area contributed by atoms with Gasteiger partial charge in [0.2, 0.25) is 10.0 Å². The van der Waals surface area contributed by atoms with Crippen LogP contribution in [0.3, 0.4) is 0 Å². The second-order valence-electron chi connectivity index (χ2n) is 4.13. The van der Waals surface area contributed by atoms with E-state index in [1.165, 1.54) is 0 Å². The van der Waals surface area contributed by atoms with Crippen molar-refractivity contribution in [3.05, 3.63) is 29.8 Å². The fourth-order valence-electron chi connectivity index (χ4n) is 1.33. The average Bonchev–Trinajstić information content (AvgIpc) is 2.28. The molecule has 0 spiro atoms. The normalized spacial score (nSPS) is 12.1. The SMILES string of the molecule is CN(C)CCCNS(=O)(=O)c1ccc(F)c(F)c1. The molecule has 0 fully saturated rings. The predicted octanol–water partition coefficient (Wildman–Crippen LogP) is 1.19.